The van der Waals surface area contributed by atoms with Gasteiger partial charge in [-0.05, 0) is 59.4 Å². The maximum Gasteiger partial charge on any atom is 0.116 e. The first-order valence-electron chi connectivity index (χ1n) is 6.50. The Labute approximate surface area is 134 Å². The number of aliphatic hydroxyl groups excluding tert-OH is 1. The molecule has 1 aliphatic carbocycles. The van der Waals surface area contributed by atoms with E-state index in [2.05, 4.69) is 31.9 Å². The fourth-order valence-electron chi connectivity index (χ4n) is 2.94. The Morgan fingerprint density at radius 3 is 1.85 bits per heavy atom. The predicted octanol–water partition coefficient (Wildman–Crippen LogP) is 4.20. The van der Waals surface area contributed by atoms with Gasteiger partial charge in [0.1, 0.15) is 5.60 Å². The van der Waals surface area contributed by atoms with Crippen molar-refractivity contribution in [2.24, 2.45) is 0 Å². The summed E-state index contributed by atoms with van der Waals surface area (Å²) in [7, 11) is 0. The van der Waals surface area contributed by atoms with Gasteiger partial charge in [-0.1, -0.05) is 44.0 Å². The number of aliphatic hydroxyl groups is 2. The average molecular weight is 398 g/mol. The summed E-state index contributed by atoms with van der Waals surface area (Å²) in [6, 6.07) is 12.0. The highest BCUT2D eigenvalue weighted by molar-refractivity contribution is 9.10. The van der Waals surface area contributed by atoms with Gasteiger partial charge in [0.2, 0.25) is 0 Å². The largest absolute Gasteiger partial charge is 0.396 e. The molecule has 2 N–H and O–H groups in total. The molecule has 2 aromatic rings. The van der Waals surface area contributed by atoms with Crippen molar-refractivity contribution in [3.63, 3.8) is 0 Å². The van der Waals surface area contributed by atoms with Gasteiger partial charge in [-0.25, -0.2) is 0 Å². The lowest BCUT2D eigenvalue weighted by atomic mass is 9.87. The number of benzene rings is 2. The lowest BCUT2D eigenvalue weighted by Gasteiger charge is -2.26. The average Bonchev–Trinajstić information content (AvgIpc) is 2.67. The van der Waals surface area contributed by atoms with Gasteiger partial charge >= 0.3 is 0 Å². The summed E-state index contributed by atoms with van der Waals surface area (Å²) in [5.74, 6) is 0. The zero-order chi connectivity index (χ0) is 14.3. The van der Waals surface area contributed by atoms with Crippen LogP contribution >= 0.6 is 31.9 Å². The molecule has 4 heteroatoms. The van der Waals surface area contributed by atoms with Crippen LogP contribution in [0.1, 0.15) is 24.0 Å². The van der Waals surface area contributed by atoms with Gasteiger partial charge in [-0.2, -0.15) is 0 Å². The molecular weight excluding hydrogens is 384 g/mol. The zero-order valence-corrected chi connectivity index (χ0v) is 13.9. The third-order valence-electron chi connectivity index (χ3n) is 3.84. The molecule has 1 aliphatic rings. The molecule has 0 heterocycles. The van der Waals surface area contributed by atoms with E-state index in [-0.39, 0.29) is 6.61 Å². The molecule has 0 amide bonds. The van der Waals surface area contributed by atoms with Crippen LogP contribution in [0.25, 0.3) is 11.1 Å². The van der Waals surface area contributed by atoms with Gasteiger partial charge in [-0.15, -0.1) is 0 Å². The summed E-state index contributed by atoms with van der Waals surface area (Å²) < 4.78 is 1.90. The first-order chi connectivity index (χ1) is 9.56. The molecule has 2 nitrogen and oxygen atoms in total. The van der Waals surface area contributed by atoms with Crippen molar-refractivity contribution in [1.29, 1.82) is 0 Å². The quantitative estimate of drug-likeness (QED) is 0.814. The number of hydrogen-bond acceptors (Lipinski definition) is 2. The van der Waals surface area contributed by atoms with Crippen molar-refractivity contribution in [1.82, 2.24) is 0 Å². The minimum absolute atomic E-state index is 0.0784. The Hall–Kier alpha value is -0.680. The molecule has 0 spiro atoms. The van der Waals surface area contributed by atoms with Gasteiger partial charge in [0.25, 0.3) is 0 Å². The third-order valence-corrected chi connectivity index (χ3v) is 4.83. The van der Waals surface area contributed by atoms with Crippen LogP contribution in [0.15, 0.2) is 45.3 Å². The van der Waals surface area contributed by atoms with E-state index in [0.29, 0.717) is 12.8 Å². The van der Waals surface area contributed by atoms with E-state index in [9.17, 15) is 5.11 Å². The Morgan fingerprint density at radius 1 is 0.900 bits per heavy atom. The van der Waals surface area contributed by atoms with Crippen molar-refractivity contribution in [3.8, 4) is 11.1 Å². The molecule has 2 aromatic carbocycles. The zero-order valence-electron chi connectivity index (χ0n) is 10.7. The van der Waals surface area contributed by atoms with Crippen LogP contribution in [0.2, 0.25) is 0 Å². The van der Waals surface area contributed by atoms with Crippen LogP contribution in [0, 0.1) is 0 Å². The summed E-state index contributed by atoms with van der Waals surface area (Å²) in [6.45, 7) is 0.0784. The number of rotatable bonds is 3. The highest BCUT2D eigenvalue weighted by Gasteiger charge is 2.41. The lowest BCUT2D eigenvalue weighted by molar-refractivity contribution is 0.0670. The van der Waals surface area contributed by atoms with Crippen molar-refractivity contribution in [3.05, 3.63) is 56.5 Å². The Balaban J connectivity index is 2.24. The first-order valence-corrected chi connectivity index (χ1v) is 8.08. The number of hydrogen-bond donors (Lipinski definition) is 2. The molecule has 0 aliphatic heterocycles. The fraction of sp³-hybridized carbons (Fsp3) is 0.250. The Bertz CT molecular complexity index is 616. The second-order valence-electron chi connectivity index (χ2n) is 5.07. The molecule has 0 saturated heterocycles. The second-order valence-corrected chi connectivity index (χ2v) is 6.90. The van der Waals surface area contributed by atoms with Crippen LogP contribution in [0.5, 0.6) is 0 Å². The SMILES string of the molecule is OCCCC1(O)c2cc(Br)ccc2-c2ccc(Br)cc21. The molecule has 104 valence electrons. The van der Waals surface area contributed by atoms with Crippen molar-refractivity contribution in [2.45, 2.75) is 18.4 Å². The van der Waals surface area contributed by atoms with E-state index in [1.807, 2.05) is 36.4 Å². The van der Waals surface area contributed by atoms with Gasteiger partial charge in [0.15, 0.2) is 0 Å². The minimum atomic E-state index is -1.03. The van der Waals surface area contributed by atoms with Crippen LogP contribution < -0.4 is 0 Å². The van der Waals surface area contributed by atoms with Crippen LogP contribution in [0.3, 0.4) is 0 Å². The van der Waals surface area contributed by atoms with Crippen molar-refractivity contribution < 1.29 is 10.2 Å². The number of halogens is 2. The molecule has 0 radical (unpaired) electrons. The van der Waals surface area contributed by atoms with Crippen molar-refractivity contribution in [2.75, 3.05) is 6.61 Å². The van der Waals surface area contributed by atoms with E-state index in [1.54, 1.807) is 0 Å². The predicted molar refractivity (Wildman–Crippen MR) is 86.6 cm³/mol. The molecule has 20 heavy (non-hydrogen) atoms. The lowest BCUT2D eigenvalue weighted by Crippen LogP contribution is -2.25. The van der Waals surface area contributed by atoms with E-state index in [4.69, 9.17) is 5.11 Å². The summed E-state index contributed by atoms with van der Waals surface area (Å²) >= 11 is 6.95. The van der Waals surface area contributed by atoms with Gasteiger partial charge < -0.3 is 10.2 Å². The normalized spacial score (nSPS) is 15.0. The molecule has 0 unspecified atom stereocenters. The summed E-state index contributed by atoms with van der Waals surface area (Å²) in [5.41, 5.74) is 2.93. The fourth-order valence-corrected chi connectivity index (χ4v) is 3.66. The molecule has 0 aromatic heterocycles. The standard InChI is InChI=1S/C16H14Br2O2/c17-10-2-4-12-13-5-3-11(18)9-15(13)16(20,6-1-7-19)14(12)8-10/h2-5,8-9,19-20H,1,6-7H2. The first kappa shape index (κ1) is 14.3. The molecule has 0 fully saturated rings. The monoisotopic (exact) mass is 396 g/mol. The summed E-state index contributed by atoms with van der Waals surface area (Å²) in [5, 5.41) is 20.3. The molecule has 0 atom stereocenters. The minimum Gasteiger partial charge on any atom is -0.396 e. The van der Waals surface area contributed by atoms with E-state index >= 15 is 0 Å². The molecular formula is C16H14Br2O2. The van der Waals surface area contributed by atoms with Crippen LogP contribution in [-0.2, 0) is 5.60 Å². The smallest absolute Gasteiger partial charge is 0.116 e. The number of fused-ring (bicyclic) bond motifs is 3. The van der Waals surface area contributed by atoms with E-state index in [0.717, 1.165) is 31.2 Å². The maximum absolute atomic E-state index is 11.2. The van der Waals surface area contributed by atoms with Crippen LogP contribution in [0.4, 0.5) is 0 Å². The summed E-state index contributed by atoms with van der Waals surface area (Å²) in [6.07, 6.45) is 1.07. The van der Waals surface area contributed by atoms with Crippen molar-refractivity contribution >= 4 is 31.9 Å². The van der Waals surface area contributed by atoms with Crippen LogP contribution in [-0.4, -0.2) is 16.8 Å². The molecule has 0 saturated carbocycles. The maximum atomic E-state index is 11.2. The second kappa shape index (κ2) is 5.26. The summed E-state index contributed by atoms with van der Waals surface area (Å²) in [4.78, 5) is 0. The highest BCUT2D eigenvalue weighted by atomic mass is 79.9. The molecule has 0 bridgehead atoms. The van der Waals surface area contributed by atoms with Gasteiger partial charge in [0, 0.05) is 15.6 Å². The topological polar surface area (TPSA) is 40.5 Å². The molecule has 3 rings (SSSR count). The Morgan fingerprint density at radius 2 is 1.40 bits per heavy atom. The van der Waals surface area contributed by atoms with E-state index in [1.165, 1.54) is 0 Å². The highest BCUT2D eigenvalue weighted by Crippen LogP contribution is 2.50. The van der Waals surface area contributed by atoms with Gasteiger partial charge in [0.05, 0.1) is 0 Å². The van der Waals surface area contributed by atoms with Gasteiger partial charge in [-0.3, -0.25) is 0 Å². The van der Waals surface area contributed by atoms with E-state index < -0.39 is 5.60 Å². The third kappa shape index (κ3) is 2.15. The Kier molecular flexibility index (Phi) is 3.75.